The lowest BCUT2D eigenvalue weighted by atomic mass is 10.1. The molecule has 0 radical (unpaired) electrons. The molecule has 0 amide bonds. The molecule has 0 saturated carbocycles. The minimum absolute atomic E-state index is 0.0562. The number of non-ortho nitro benzene ring substituents is 1. The average Bonchev–Trinajstić information content (AvgIpc) is 2.61. The summed E-state index contributed by atoms with van der Waals surface area (Å²) in [6.07, 6.45) is 1.06. The van der Waals surface area contributed by atoms with E-state index in [2.05, 4.69) is 10.3 Å². The van der Waals surface area contributed by atoms with Crippen molar-refractivity contribution in [2.75, 3.05) is 13.1 Å². The third kappa shape index (κ3) is 3.85. The Morgan fingerprint density at radius 3 is 2.74 bits per heavy atom. The number of nitro groups is 1. The van der Waals surface area contributed by atoms with Crippen LogP contribution in [0.1, 0.15) is 17.5 Å². The fourth-order valence-electron chi connectivity index (χ4n) is 2.37. The van der Waals surface area contributed by atoms with Gasteiger partial charge in [0.25, 0.3) is 5.69 Å². The molecule has 1 heterocycles. The van der Waals surface area contributed by atoms with Gasteiger partial charge in [-0.25, -0.2) is 0 Å². The molecule has 0 unspecified atom stereocenters. The zero-order valence-electron chi connectivity index (χ0n) is 12.6. The molecule has 0 fully saturated rings. The largest absolute Gasteiger partial charge is 0.489 e. The van der Waals surface area contributed by atoms with Gasteiger partial charge in [-0.2, -0.15) is 0 Å². The maximum Gasteiger partial charge on any atom is 0.269 e. The van der Waals surface area contributed by atoms with Gasteiger partial charge in [0.15, 0.2) is 0 Å². The van der Waals surface area contributed by atoms with E-state index in [9.17, 15) is 10.1 Å². The second-order valence-corrected chi connectivity index (χ2v) is 5.25. The number of aliphatic imine (C=N–C) groups is 1. The third-order valence-corrected chi connectivity index (χ3v) is 3.55. The van der Waals surface area contributed by atoms with Gasteiger partial charge >= 0.3 is 0 Å². The lowest BCUT2D eigenvalue weighted by Crippen LogP contribution is -2.30. The van der Waals surface area contributed by atoms with Gasteiger partial charge in [0, 0.05) is 30.8 Å². The molecule has 1 aliphatic rings. The summed E-state index contributed by atoms with van der Waals surface area (Å²) in [5, 5.41) is 13.9. The summed E-state index contributed by atoms with van der Waals surface area (Å²) < 4.78 is 5.69. The van der Waals surface area contributed by atoms with Crippen molar-refractivity contribution in [3.05, 3.63) is 69.8 Å². The molecule has 3 rings (SSSR count). The van der Waals surface area contributed by atoms with Crippen LogP contribution in [0, 0.1) is 10.1 Å². The van der Waals surface area contributed by atoms with E-state index in [0.717, 1.165) is 36.5 Å². The van der Waals surface area contributed by atoms with Crippen molar-refractivity contribution < 1.29 is 9.66 Å². The Labute approximate surface area is 134 Å². The van der Waals surface area contributed by atoms with Gasteiger partial charge in [0.05, 0.1) is 4.92 Å². The van der Waals surface area contributed by atoms with Crippen LogP contribution in [0.5, 0.6) is 5.75 Å². The number of nitrogens with one attached hydrogen (secondary N) is 1. The molecule has 2 aromatic rings. The molecule has 1 aliphatic heterocycles. The number of hydrogen-bond donors (Lipinski definition) is 1. The van der Waals surface area contributed by atoms with Crippen molar-refractivity contribution in [2.24, 2.45) is 4.99 Å². The molecule has 6 nitrogen and oxygen atoms in total. The van der Waals surface area contributed by atoms with E-state index in [0.29, 0.717) is 12.4 Å². The highest BCUT2D eigenvalue weighted by Gasteiger charge is 2.08. The van der Waals surface area contributed by atoms with Gasteiger partial charge in [-0.05, 0) is 30.2 Å². The average molecular weight is 311 g/mol. The topological polar surface area (TPSA) is 76.8 Å². The van der Waals surface area contributed by atoms with Gasteiger partial charge in [0.2, 0.25) is 0 Å². The minimum Gasteiger partial charge on any atom is -0.489 e. The summed E-state index contributed by atoms with van der Waals surface area (Å²) in [6, 6.07) is 14.1. The van der Waals surface area contributed by atoms with Crippen molar-refractivity contribution in [3.8, 4) is 5.75 Å². The molecule has 0 atom stereocenters. The summed E-state index contributed by atoms with van der Waals surface area (Å²) in [6.45, 7) is 2.20. The standard InChI is InChI=1S/C17H17N3O3/c21-20(22)15-5-7-16(8-6-15)23-12-13-3-1-4-14(11-13)17-18-9-2-10-19-17/h1,3-8,11H,2,9-10,12H2,(H,18,19). The third-order valence-electron chi connectivity index (χ3n) is 3.55. The molecule has 1 N–H and O–H groups in total. The van der Waals surface area contributed by atoms with Crippen molar-refractivity contribution in [1.82, 2.24) is 5.32 Å². The van der Waals surface area contributed by atoms with E-state index < -0.39 is 4.92 Å². The Bertz CT molecular complexity index is 726. The van der Waals surface area contributed by atoms with E-state index in [-0.39, 0.29) is 5.69 Å². The Hall–Kier alpha value is -2.89. The monoisotopic (exact) mass is 311 g/mol. The second kappa shape index (κ2) is 6.91. The van der Waals surface area contributed by atoms with Gasteiger partial charge in [-0.1, -0.05) is 18.2 Å². The van der Waals surface area contributed by atoms with Crippen molar-refractivity contribution in [1.29, 1.82) is 0 Å². The van der Waals surface area contributed by atoms with E-state index in [1.807, 2.05) is 24.3 Å². The van der Waals surface area contributed by atoms with Crippen LogP contribution in [0.4, 0.5) is 5.69 Å². The molecule has 118 valence electrons. The predicted molar refractivity (Wildman–Crippen MR) is 87.9 cm³/mol. The fourth-order valence-corrected chi connectivity index (χ4v) is 2.37. The highest BCUT2D eigenvalue weighted by molar-refractivity contribution is 5.99. The van der Waals surface area contributed by atoms with Crippen LogP contribution < -0.4 is 10.1 Å². The van der Waals surface area contributed by atoms with Gasteiger partial charge < -0.3 is 10.1 Å². The lowest BCUT2D eigenvalue weighted by molar-refractivity contribution is -0.384. The fraction of sp³-hybridized carbons (Fsp3) is 0.235. The molecular formula is C17H17N3O3. The number of nitro benzene ring substituents is 1. The van der Waals surface area contributed by atoms with E-state index in [1.54, 1.807) is 12.1 Å². The van der Waals surface area contributed by atoms with Gasteiger partial charge in [0.1, 0.15) is 18.2 Å². The lowest BCUT2D eigenvalue weighted by Gasteiger charge is -2.15. The highest BCUT2D eigenvalue weighted by atomic mass is 16.6. The Morgan fingerprint density at radius 1 is 1.22 bits per heavy atom. The van der Waals surface area contributed by atoms with Gasteiger partial charge in [-0.15, -0.1) is 0 Å². The van der Waals surface area contributed by atoms with Crippen LogP contribution in [-0.4, -0.2) is 23.8 Å². The van der Waals surface area contributed by atoms with Crippen LogP contribution in [-0.2, 0) is 6.61 Å². The number of amidine groups is 1. The summed E-state index contributed by atoms with van der Waals surface area (Å²) >= 11 is 0. The number of benzene rings is 2. The first-order valence-electron chi connectivity index (χ1n) is 7.47. The molecule has 0 spiro atoms. The zero-order chi connectivity index (χ0) is 16.1. The number of nitrogens with zero attached hydrogens (tertiary/aromatic N) is 2. The molecule has 23 heavy (non-hydrogen) atoms. The van der Waals surface area contributed by atoms with Crippen molar-refractivity contribution >= 4 is 11.5 Å². The maximum absolute atomic E-state index is 10.6. The Balaban J connectivity index is 1.66. The predicted octanol–water partition coefficient (Wildman–Crippen LogP) is 2.91. The molecule has 2 aromatic carbocycles. The highest BCUT2D eigenvalue weighted by Crippen LogP contribution is 2.18. The van der Waals surface area contributed by atoms with Crippen LogP contribution in [0.3, 0.4) is 0 Å². The van der Waals surface area contributed by atoms with E-state index in [4.69, 9.17) is 4.74 Å². The number of rotatable bonds is 5. The van der Waals surface area contributed by atoms with Crippen LogP contribution in [0.25, 0.3) is 0 Å². The summed E-state index contributed by atoms with van der Waals surface area (Å²) in [4.78, 5) is 14.7. The maximum atomic E-state index is 10.6. The molecule has 0 aliphatic carbocycles. The van der Waals surface area contributed by atoms with Crippen LogP contribution in [0.15, 0.2) is 53.5 Å². The summed E-state index contributed by atoms with van der Waals surface area (Å²) in [7, 11) is 0. The van der Waals surface area contributed by atoms with Gasteiger partial charge in [-0.3, -0.25) is 15.1 Å². The first kappa shape index (κ1) is 15.0. The Kier molecular flexibility index (Phi) is 4.52. The quantitative estimate of drug-likeness (QED) is 0.680. The van der Waals surface area contributed by atoms with E-state index in [1.165, 1.54) is 12.1 Å². The second-order valence-electron chi connectivity index (χ2n) is 5.25. The first-order chi connectivity index (χ1) is 11.2. The first-order valence-corrected chi connectivity index (χ1v) is 7.47. The SMILES string of the molecule is O=[N+]([O-])c1ccc(OCc2cccc(C3=NCCCN3)c2)cc1. The van der Waals surface area contributed by atoms with Crippen molar-refractivity contribution in [3.63, 3.8) is 0 Å². The summed E-state index contributed by atoms with van der Waals surface area (Å²) in [5.41, 5.74) is 2.13. The molecule has 0 bridgehead atoms. The van der Waals surface area contributed by atoms with Crippen molar-refractivity contribution in [2.45, 2.75) is 13.0 Å². The molecule has 0 saturated heterocycles. The smallest absolute Gasteiger partial charge is 0.269 e. The number of hydrogen-bond acceptors (Lipinski definition) is 5. The zero-order valence-corrected chi connectivity index (χ0v) is 12.6. The molecule has 0 aromatic heterocycles. The molecular weight excluding hydrogens is 294 g/mol. The van der Waals surface area contributed by atoms with Crippen LogP contribution >= 0.6 is 0 Å². The Morgan fingerprint density at radius 2 is 2.04 bits per heavy atom. The van der Waals surface area contributed by atoms with Crippen LogP contribution in [0.2, 0.25) is 0 Å². The molecule has 6 heteroatoms. The number of ether oxygens (including phenoxy) is 1. The normalized spacial score (nSPS) is 13.8. The van der Waals surface area contributed by atoms with E-state index >= 15 is 0 Å². The minimum atomic E-state index is -0.425. The summed E-state index contributed by atoms with van der Waals surface area (Å²) in [5.74, 6) is 1.53.